The molecule has 20 heavy (non-hydrogen) atoms. The highest BCUT2D eigenvalue weighted by molar-refractivity contribution is 5.53. The van der Waals surface area contributed by atoms with Crippen molar-refractivity contribution in [3.8, 4) is 11.5 Å². The van der Waals surface area contributed by atoms with E-state index >= 15 is 0 Å². The van der Waals surface area contributed by atoms with Crippen LogP contribution in [-0.4, -0.2) is 33.3 Å². The van der Waals surface area contributed by atoms with Gasteiger partial charge in [-0.05, 0) is 37.4 Å². The molecule has 0 aliphatic carbocycles. The second-order valence-electron chi connectivity index (χ2n) is 5.10. The SMILES string of the molecule is CCc1cccnc1-c1noc(C2(O)CCCNC2)n1. The Bertz CT molecular complexity index is 590. The van der Waals surface area contributed by atoms with Crippen molar-refractivity contribution < 1.29 is 9.63 Å². The van der Waals surface area contributed by atoms with Crippen LogP contribution in [0.2, 0.25) is 0 Å². The number of aromatic nitrogens is 3. The van der Waals surface area contributed by atoms with Crippen molar-refractivity contribution in [2.24, 2.45) is 0 Å². The van der Waals surface area contributed by atoms with Gasteiger partial charge < -0.3 is 14.9 Å². The van der Waals surface area contributed by atoms with Crippen LogP contribution in [0, 0.1) is 0 Å². The smallest absolute Gasteiger partial charge is 0.260 e. The third-order valence-corrected chi connectivity index (χ3v) is 3.67. The molecule has 1 unspecified atom stereocenters. The highest BCUT2D eigenvalue weighted by Gasteiger charge is 2.37. The normalized spacial score (nSPS) is 22.9. The fourth-order valence-corrected chi connectivity index (χ4v) is 2.51. The first-order valence-corrected chi connectivity index (χ1v) is 6.94. The van der Waals surface area contributed by atoms with Crippen molar-refractivity contribution in [1.29, 1.82) is 0 Å². The fraction of sp³-hybridized carbons (Fsp3) is 0.500. The van der Waals surface area contributed by atoms with E-state index in [1.54, 1.807) is 6.20 Å². The van der Waals surface area contributed by atoms with Crippen molar-refractivity contribution >= 4 is 0 Å². The van der Waals surface area contributed by atoms with E-state index in [4.69, 9.17) is 4.52 Å². The molecule has 1 fully saturated rings. The number of rotatable bonds is 3. The zero-order valence-corrected chi connectivity index (χ0v) is 11.5. The Kier molecular flexibility index (Phi) is 3.50. The fourth-order valence-electron chi connectivity index (χ4n) is 2.51. The summed E-state index contributed by atoms with van der Waals surface area (Å²) in [5, 5.41) is 17.7. The van der Waals surface area contributed by atoms with E-state index in [9.17, 15) is 5.11 Å². The Morgan fingerprint density at radius 1 is 1.50 bits per heavy atom. The molecule has 1 atom stereocenters. The van der Waals surface area contributed by atoms with Crippen molar-refractivity contribution in [2.45, 2.75) is 31.8 Å². The number of nitrogens with one attached hydrogen (secondary N) is 1. The van der Waals surface area contributed by atoms with Crippen LogP contribution >= 0.6 is 0 Å². The lowest BCUT2D eigenvalue weighted by Gasteiger charge is -2.28. The highest BCUT2D eigenvalue weighted by Crippen LogP contribution is 2.29. The van der Waals surface area contributed by atoms with Crippen LogP contribution in [0.25, 0.3) is 11.5 Å². The Balaban J connectivity index is 1.94. The summed E-state index contributed by atoms with van der Waals surface area (Å²) in [5.41, 5.74) is 0.718. The molecule has 1 aliphatic rings. The van der Waals surface area contributed by atoms with Crippen molar-refractivity contribution in [1.82, 2.24) is 20.4 Å². The summed E-state index contributed by atoms with van der Waals surface area (Å²) in [6, 6.07) is 3.89. The van der Waals surface area contributed by atoms with Gasteiger partial charge in [0.2, 0.25) is 5.82 Å². The molecule has 2 aromatic rings. The summed E-state index contributed by atoms with van der Waals surface area (Å²) in [7, 11) is 0. The van der Waals surface area contributed by atoms with Gasteiger partial charge in [-0.25, -0.2) is 0 Å². The molecule has 0 amide bonds. The number of nitrogens with zero attached hydrogens (tertiary/aromatic N) is 3. The van der Waals surface area contributed by atoms with E-state index in [0.717, 1.165) is 30.6 Å². The van der Waals surface area contributed by atoms with E-state index in [1.165, 1.54) is 0 Å². The molecular formula is C14H18N4O2. The van der Waals surface area contributed by atoms with Crippen LogP contribution in [0.3, 0.4) is 0 Å². The molecule has 2 N–H and O–H groups in total. The first-order valence-electron chi connectivity index (χ1n) is 6.94. The van der Waals surface area contributed by atoms with E-state index < -0.39 is 5.60 Å². The predicted molar refractivity (Wildman–Crippen MR) is 72.9 cm³/mol. The van der Waals surface area contributed by atoms with Crippen LogP contribution in [0.4, 0.5) is 0 Å². The number of aryl methyl sites for hydroxylation is 1. The third kappa shape index (κ3) is 2.32. The number of hydrogen-bond acceptors (Lipinski definition) is 6. The molecule has 3 rings (SSSR count). The molecule has 0 aromatic carbocycles. The molecular weight excluding hydrogens is 256 g/mol. The Morgan fingerprint density at radius 3 is 3.15 bits per heavy atom. The van der Waals surface area contributed by atoms with Crippen LogP contribution in [-0.2, 0) is 12.0 Å². The Labute approximate surface area is 117 Å². The summed E-state index contributed by atoms with van der Waals surface area (Å²) in [4.78, 5) is 8.67. The molecule has 0 bridgehead atoms. The average molecular weight is 274 g/mol. The average Bonchev–Trinajstić information content (AvgIpc) is 2.98. The first-order chi connectivity index (χ1) is 9.73. The molecule has 1 aliphatic heterocycles. The zero-order chi connectivity index (χ0) is 14.0. The van der Waals surface area contributed by atoms with Gasteiger partial charge in [-0.15, -0.1) is 0 Å². The Morgan fingerprint density at radius 2 is 2.40 bits per heavy atom. The minimum absolute atomic E-state index is 0.271. The monoisotopic (exact) mass is 274 g/mol. The lowest BCUT2D eigenvalue weighted by molar-refractivity contribution is -0.0167. The second kappa shape index (κ2) is 5.30. The molecule has 0 radical (unpaired) electrons. The molecule has 6 heteroatoms. The van der Waals surface area contributed by atoms with Gasteiger partial charge in [-0.2, -0.15) is 4.98 Å². The highest BCUT2D eigenvalue weighted by atomic mass is 16.5. The van der Waals surface area contributed by atoms with E-state index in [0.29, 0.717) is 18.8 Å². The number of hydrogen-bond donors (Lipinski definition) is 2. The van der Waals surface area contributed by atoms with Gasteiger partial charge in [-0.3, -0.25) is 4.98 Å². The van der Waals surface area contributed by atoms with Crippen LogP contribution in [0.1, 0.15) is 31.2 Å². The number of piperidine rings is 1. The maximum Gasteiger partial charge on any atom is 0.260 e. The van der Waals surface area contributed by atoms with Gasteiger partial charge in [0.25, 0.3) is 5.89 Å². The van der Waals surface area contributed by atoms with Gasteiger partial charge in [0.05, 0.1) is 0 Å². The summed E-state index contributed by atoms with van der Waals surface area (Å²) in [5.74, 6) is 0.712. The van der Waals surface area contributed by atoms with E-state index in [2.05, 4.69) is 27.4 Å². The van der Waals surface area contributed by atoms with Crippen molar-refractivity contribution in [2.75, 3.05) is 13.1 Å². The summed E-state index contributed by atoms with van der Waals surface area (Å²) < 4.78 is 5.27. The van der Waals surface area contributed by atoms with Gasteiger partial charge in [-0.1, -0.05) is 18.1 Å². The minimum atomic E-state index is -1.06. The molecule has 106 valence electrons. The second-order valence-corrected chi connectivity index (χ2v) is 5.10. The lowest BCUT2D eigenvalue weighted by Crippen LogP contribution is -2.43. The summed E-state index contributed by atoms with van der Waals surface area (Å²) >= 11 is 0. The van der Waals surface area contributed by atoms with Gasteiger partial charge in [0, 0.05) is 12.7 Å². The van der Waals surface area contributed by atoms with Crippen LogP contribution < -0.4 is 5.32 Å². The van der Waals surface area contributed by atoms with Crippen LogP contribution in [0.5, 0.6) is 0 Å². The summed E-state index contributed by atoms with van der Waals surface area (Å²) in [6.45, 7) is 3.40. The van der Waals surface area contributed by atoms with Crippen LogP contribution in [0.15, 0.2) is 22.9 Å². The minimum Gasteiger partial charge on any atom is -0.379 e. The van der Waals surface area contributed by atoms with Crippen molar-refractivity contribution in [3.63, 3.8) is 0 Å². The molecule has 3 heterocycles. The van der Waals surface area contributed by atoms with E-state index in [-0.39, 0.29) is 5.89 Å². The maximum atomic E-state index is 10.6. The zero-order valence-electron chi connectivity index (χ0n) is 11.5. The quantitative estimate of drug-likeness (QED) is 0.876. The number of aliphatic hydroxyl groups is 1. The lowest BCUT2D eigenvalue weighted by atomic mass is 9.94. The summed E-state index contributed by atoms with van der Waals surface area (Å²) in [6.07, 6.45) is 4.07. The predicted octanol–water partition coefficient (Wildman–Crippen LogP) is 1.26. The van der Waals surface area contributed by atoms with Gasteiger partial charge in [0.1, 0.15) is 5.69 Å². The van der Waals surface area contributed by atoms with Gasteiger partial charge in [0.15, 0.2) is 5.60 Å². The van der Waals surface area contributed by atoms with Crippen molar-refractivity contribution in [3.05, 3.63) is 29.8 Å². The topological polar surface area (TPSA) is 84.1 Å². The molecule has 2 aromatic heterocycles. The van der Waals surface area contributed by atoms with E-state index in [1.807, 2.05) is 12.1 Å². The first kappa shape index (κ1) is 13.2. The molecule has 0 saturated carbocycles. The van der Waals surface area contributed by atoms with Gasteiger partial charge >= 0.3 is 0 Å². The Hall–Kier alpha value is -1.79. The molecule has 1 saturated heterocycles. The molecule has 0 spiro atoms. The maximum absolute atomic E-state index is 10.6. The molecule has 6 nitrogen and oxygen atoms in total. The largest absolute Gasteiger partial charge is 0.379 e. The third-order valence-electron chi connectivity index (χ3n) is 3.67. The number of pyridine rings is 1. The number of β-amino-alcohol motifs (C(OH)–C–C–N with tert-alkyl or cyclic N) is 1. The standard InChI is InChI=1S/C14H18N4O2/c1-2-10-5-3-8-16-11(10)12-17-13(20-18-12)14(19)6-4-7-15-9-14/h3,5,8,15,19H,2,4,6-7,9H2,1H3.